The number of H-pyrrole nitrogens is 1. The molecule has 0 spiro atoms. The van der Waals surface area contributed by atoms with Crippen LogP contribution in [-0.4, -0.2) is 22.2 Å². The zero-order valence-electron chi connectivity index (χ0n) is 8.20. The van der Waals surface area contributed by atoms with Gasteiger partial charge in [-0.15, -0.1) is 0 Å². The first-order valence-electron chi connectivity index (χ1n) is 4.57. The van der Waals surface area contributed by atoms with Gasteiger partial charge in [0, 0.05) is 10.9 Å². The molecule has 0 aliphatic rings. The molecule has 0 aromatic carbocycles. The van der Waals surface area contributed by atoms with Crippen LogP contribution in [0.3, 0.4) is 0 Å². The lowest BCUT2D eigenvalue weighted by atomic mass is 9.87. The second-order valence-corrected chi connectivity index (χ2v) is 2.98. The van der Waals surface area contributed by atoms with Crippen LogP contribution in [0.2, 0.25) is 0 Å². The van der Waals surface area contributed by atoms with Crippen LogP contribution >= 0.6 is 0 Å². The number of aromatic nitrogens is 1. The summed E-state index contributed by atoms with van der Waals surface area (Å²) in [5.41, 5.74) is 0.401. The Morgan fingerprint density at radius 3 is 2.79 bits per heavy atom. The molecule has 1 rings (SSSR count). The summed E-state index contributed by atoms with van der Waals surface area (Å²) in [5.74, 6) is 0. The van der Waals surface area contributed by atoms with E-state index in [1.807, 2.05) is 13.0 Å². The number of nitrogens with one attached hydrogen (secondary N) is 1. The molecule has 0 radical (unpaired) electrons. The van der Waals surface area contributed by atoms with Crippen LogP contribution in [0.15, 0.2) is 18.7 Å². The van der Waals surface area contributed by atoms with Gasteiger partial charge in [-0.25, -0.2) is 0 Å². The lowest BCUT2D eigenvalue weighted by Gasteiger charge is -1.89. The maximum Gasteiger partial charge on any atom is 0.505 e. The second kappa shape index (κ2) is 4.84. The largest absolute Gasteiger partial charge is 0.505 e. The van der Waals surface area contributed by atoms with Gasteiger partial charge in [0.2, 0.25) is 0 Å². The number of hydrogen-bond acceptors (Lipinski definition) is 2. The van der Waals surface area contributed by atoms with Gasteiger partial charge in [-0.05, 0) is 23.8 Å². The molecule has 1 aromatic rings. The maximum atomic E-state index is 8.97. The van der Waals surface area contributed by atoms with Gasteiger partial charge in [-0.3, -0.25) is 0 Å². The average molecular weight is 191 g/mol. The smallest absolute Gasteiger partial charge is 0.422 e. The Kier molecular flexibility index (Phi) is 3.74. The Morgan fingerprint density at radius 1 is 1.57 bits per heavy atom. The third-order valence-electron chi connectivity index (χ3n) is 1.89. The van der Waals surface area contributed by atoms with Gasteiger partial charge in [0.25, 0.3) is 0 Å². The highest BCUT2D eigenvalue weighted by molar-refractivity contribution is 6.57. The van der Waals surface area contributed by atoms with Crippen molar-refractivity contribution >= 4 is 24.9 Å². The lowest BCUT2D eigenvalue weighted by molar-refractivity contribution is 0.424. The van der Waals surface area contributed by atoms with E-state index < -0.39 is 7.12 Å². The molecule has 0 aliphatic heterocycles. The molecule has 0 amide bonds. The third kappa shape index (κ3) is 2.37. The number of aromatic amines is 1. The Morgan fingerprint density at radius 2 is 2.29 bits per heavy atom. The van der Waals surface area contributed by atoms with Crippen molar-refractivity contribution in [1.82, 2.24) is 4.98 Å². The van der Waals surface area contributed by atoms with E-state index in [1.54, 1.807) is 18.2 Å². The molecule has 0 aliphatic carbocycles. The minimum atomic E-state index is -1.45. The Hall–Kier alpha value is -1.26. The van der Waals surface area contributed by atoms with E-state index in [2.05, 4.69) is 11.6 Å². The first-order valence-corrected chi connectivity index (χ1v) is 4.57. The summed E-state index contributed by atoms with van der Waals surface area (Å²) in [6, 6.07) is 1.73. The molecule has 1 aromatic heterocycles. The van der Waals surface area contributed by atoms with E-state index in [1.165, 1.54) is 0 Å². The molecule has 74 valence electrons. The zero-order chi connectivity index (χ0) is 10.6. The topological polar surface area (TPSA) is 56.2 Å². The summed E-state index contributed by atoms with van der Waals surface area (Å²) >= 11 is 0. The summed E-state index contributed by atoms with van der Waals surface area (Å²) in [6.45, 7) is 5.62. The third-order valence-corrected chi connectivity index (χ3v) is 1.89. The van der Waals surface area contributed by atoms with E-state index in [0.29, 0.717) is 5.59 Å². The molecule has 0 unspecified atom stereocenters. The summed E-state index contributed by atoms with van der Waals surface area (Å²) in [4.78, 5) is 2.91. The molecule has 4 heteroatoms. The predicted molar refractivity (Wildman–Crippen MR) is 59.3 cm³/mol. The number of rotatable bonds is 3. The van der Waals surface area contributed by atoms with Crippen molar-refractivity contribution < 1.29 is 10.0 Å². The molecule has 1 heterocycles. The number of hydrogen-bond donors (Lipinski definition) is 3. The van der Waals surface area contributed by atoms with Gasteiger partial charge >= 0.3 is 7.12 Å². The van der Waals surface area contributed by atoms with Gasteiger partial charge in [-0.2, -0.15) is 0 Å². The fraction of sp³-hybridized carbons (Fsp3) is 0.200. The first-order chi connectivity index (χ1) is 6.69. The quantitative estimate of drug-likeness (QED) is 0.528. The highest BCUT2D eigenvalue weighted by atomic mass is 16.4. The van der Waals surface area contributed by atoms with Gasteiger partial charge in [0.05, 0.1) is 0 Å². The summed E-state index contributed by atoms with van der Waals surface area (Å²) in [7, 11) is -1.45. The van der Waals surface area contributed by atoms with Gasteiger partial charge in [-0.1, -0.05) is 25.7 Å². The molecule has 0 bridgehead atoms. The van der Waals surface area contributed by atoms with Gasteiger partial charge < -0.3 is 15.0 Å². The van der Waals surface area contributed by atoms with Crippen LogP contribution in [0.25, 0.3) is 12.2 Å². The van der Waals surface area contributed by atoms with E-state index in [-0.39, 0.29) is 0 Å². The standard InChI is InChI=1S/C10H14BNO2/c1-3-5-8-7-10(11(13)14)12-9(8)6-4-2/h4-7,12-14H,2-3H2,1H3/b8-5-,9-6+. The Labute approximate surface area is 83.2 Å². The highest BCUT2D eigenvalue weighted by Gasteiger charge is 2.11. The first kappa shape index (κ1) is 10.8. The van der Waals surface area contributed by atoms with Crippen molar-refractivity contribution in [3.05, 3.63) is 29.3 Å². The van der Waals surface area contributed by atoms with Crippen LogP contribution in [0.4, 0.5) is 0 Å². The molecule has 14 heavy (non-hydrogen) atoms. The van der Waals surface area contributed by atoms with Crippen LogP contribution < -0.4 is 16.2 Å². The van der Waals surface area contributed by atoms with Crippen LogP contribution in [0.1, 0.15) is 13.3 Å². The Balaban J connectivity index is 3.34. The fourth-order valence-corrected chi connectivity index (χ4v) is 1.29. The summed E-state index contributed by atoms with van der Waals surface area (Å²) in [6.07, 6.45) is 6.37. The zero-order valence-corrected chi connectivity index (χ0v) is 8.20. The summed E-state index contributed by atoms with van der Waals surface area (Å²) < 4.78 is 0. The maximum absolute atomic E-state index is 8.97. The van der Waals surface area contributed by atoms with Crippen molar-refractivity contribution in [3.63, 3.8) is 0 Å². The molecule has 3 nitrogen and oxygen atoms in total. The molecule has 3 N–H and O–H groups in total. The number of allylic oxidation sites excluding steroid dienone is 1. The van der Waals surface area contributed by atoms with Crippen molar-refractivity contribution in [2.24, 2.45) is 0 Å². The van der Waals surface area contributed by atoms with Gasteiger partial charge in [0.1, 0.15) is 0 Å². The van der Waals surface area contributed by atoms with E-state index in [4.69, 9.17) is 10.0 Å². The monoisotopic (exact) mass is 191 g/mol. The van der Waals surface area contributed by atoms with Crippen molar-refractivity contribution in [2.45, 2.75) is 13.3 Å². The molecule has 0 saturated heterocycles. The SMILES string of the molecule is C=C/C=c1/[nH]c(B(O)O)c/c1=C/CC. The summed E-state index contributed by atoms with van der Waals surface area (Å²) in [5, 5.41) is 19.8. The average Bonchev–Trinajstić information content (AvgIpc) is 2.50. The van der Waals surface area contributed by atoms with Crippen LogP contribution in [-0.2, 0) is 0 Å². The normalized spacial score (nSPS) is 13.4. The highest BCUT2D eigenvalue weighted by Crippen LogP contribution is 1.75. The van der Waals surface area contributed by atoms with Crippen molar-refractivity contribution in [3.8, 4) is 0 Å². The van der Waals surface area contributed by atoms with Crippen LogP contribution in [0, 0.1) is 0 Å². The lowest BCUT2D eigenvalue weighted by Crippen LogP contribution is -2.32. The molecular formula is C10H14BNO2. The molecule has 0 saturated carbocycles. The van der Waals surface area contributed by atoms with Crippen molar-refractivity contribution in [2.75, 3.05) is 0 Å². The minimum absolute atomic E-state index is 0.401. The Bertz CT molecular complexity index is 420. The van der Waals surface area contributed by atoms with Gasteiger partial charge in [0.15, 0.2) is 0 Å². The van der Waals surface area contributed by atoms with E-state index in [9.17, 15) is 0 Å². The molecular weight excluding hydrogens is 177 g/mol. The minimum Gasteiger partial charge on any atom is -0.422 e. The van der Waals surface area contributed by atoms with Crippen LogP contribution in [0.5, 0.6) is 0 Å². The van der Waals surface area contributed by atoms with E-state index in [0.717, 1.165) is 17.0 Å². The van der Waals surface area contributed by atoms with Crippen molar-refractivity contribution in [1.29, 1.82) is 0 Å². The second-order valence-electron chi connectivity index (χ2n) is 2.98. The molecule has 0 fully saturated rings. The predicted octanol–water partition coefficient (Wildman–Crippen LogP) is -1.15. The fourth-order valence-electron chi connectivity index (χ4n) is 1.29. The van der Waals surface area contributed by atoms with E-state index >= 15 is 0 Å². The molecule has 0 atom stereocenters.